The zero-order chi connectivity index (χ0) is 11.3. The Hall–Kier alpha value is -1.14. The lowest BCUT2D eigenvalue weighted by atomic mass is 10.3. The van der Waals surface area contributed by atoms with Crippen LogP contribution in [0.15, 0.2) is 24.3 Å². The van der Waals surface area contributed by atoms with E-state index in [9.17, 15) is 12.8 Å². The molecule has 84 valence electrons. The molecule has 0 aliphatic heterocycles. The standard InChI is InChI=1S/C9H12FNO3S/c1-14-15(12,13)6-5-11-9-4-2-3-8(10)7-9/h2-4,7,11H,5-6H2,1H3. The molecule has 15 heavy (non-hydrogen) atoms. The number of anilines is 1. The predicted octanol–water partition coefficient (Wildman–Crippen LogP) is 1.21. The SMILES string of the molecule is COS(=O)(=O)CCNc1cccc(F)c1. The Kier molecular flexibility index (Phi) is 4.05. The van der Waals surface area contributed by atoms with Crippen LogP contribution in [0.2, 0.25) is 0 Å². The topological polar surface area (TPSA) is 55.4 Å². The average Bonchev–Trinajstić information content (AvgIpc) is 2.18. The molecule has 1 aromatic rings. The Balaban J connectivity index is 2.45. The molecule has 0 aliphatic rings. The summed E-state index contributed by atoms with van der Waals surface area (Å²) in [4.78, 5) is 0. The third kappa shape index (κ3) is 4.26. The van der Waals surface area contributed by atoms with Gasteiger partial charge in [0.2, 0.25) is 0 Å². The van der Waals surface area contributed by atoms with Gasteiger partial charge >= 0.3 is 0 Å². The normalized spacial score (nSPS) is 11.3. The maximum atomic E-state index is 12.7. The van der Waals surface area contributed by atoms with E-state index >= 15 is 0 Å². The number of benzene rings is 1. The highest BCUT2D eigenvalue weighted by molar-refractivity contribution is 7.86. The van der Waals surface area contributed by atoms with E-state index in [0.717, 1.165) is 7.11 Å². The van der Waals surface area contributed by atoms with Gasteiger partial charge in [-0.25, -0.2) is 4.39 Å². The summed E-state index contributed by atoms with van der Waals surface area (Å²) in [6.45, 7) is 0.180. The highest BCUT2D eigenvalue weighted by atomic mass is 32.2. The lowest BCUT2D eigenvalue weighted by Crippen LogP contribution is -2.16. The summed E-state index contributed by atoms with van der Waals surface area (Å²) in [6.07, 6.45) is 0. The number of rotatable bonds is 5. The van der Waals surface area contributed by atoms with Gasteiger partial charge in [0.15, 0.2) is 0 Å². The first kappa shape index (κ1) is 11.9. The molecule has 0 unspecified atom stereocenters. The average molecular weight is 233 g/mol. The molecule has 0 saturated carbocycles. The van der Waals surface area contributed by atoms with E-state index in [0.29, 0.717) is 5.69 Å². The van der Waals surface area contributed by atoms with Crippen molar-refractivity contribution >= 4 is 15.8 Å². The third-order valence-electron chi connectivity index (χ3n) is 1.76. The third-order valence-corrected chi connectivity index (χ3v) is 2.97. The first-order chi connectivity index (χ1) is 7.03. The molecular formula is C9H12FNO3S. The van der Waals surface area contributed by atoms with Gasteiger partial charge in [-0.3, -0.25) is 4.18 Å². The van der Waals surface area contributed by atoms with Gasteiger partial charge in [0, 0.05) is 12.2 Å². The van der Waals surface area contributed by atoms with Crippen molar-refractivity contribution in [2.75, 3.05) is 24.7 Å². The van der Waals surface area contributed by atoms with Crippen LogP contribution in [-0.4, -0.2) is 27.8 Å². The summed E-state index contributed by atoms with van der Waals surface area (Å²) in [5.41, 5.74) is 0.543. The zero-order valence-electron chi connectivity index (χ0n) is 8.23. The fraction of sp³-hybridized carbons (Fsp3) is 0.333. The Labute approximate surface area is 88.2 Å². The van der Waals surface area contributed by atoms with E-state index in [1.807, 2.05) is 0 Å². The van der Waals surface area contributed by atoms with Crippen molar-refractivity contribution in [3.8, 4) is 0 Å². The van der Waals surface area contributed by atoms with Crippen LogP contribution in [0.25, 0.3) is 0 Å². The van der Waals surface area contributed by atoms with Crippen LogP contribution < -0.4 is 5.32 Å². The van der Waals surface area contributed by atoms with Gasteiger partial charge in [-0.05, 0) is 18.2 Å². The second-order valence-electron chi connectivity index (χ2n) is 2.87. The predicted molar refractivity (Wildman–Crippen MR) is 55.7 cm³/mol. The van der Waals surface area contributed by atoms with Crippen molar-refractivity contribution < 1.29 is 17.0 Å². The molecule has 0 aliphatic carbocycles. The fourth-order valence-electron chi connectivity index (χ4n) is 1.00. The van der Waals surface area contributed by atoms with Gasteiger partial charge in [-0.15, -0.1) is 0 Å². The van der Waals surface area contributed by atoms with Crippen molar-refractivity contribution in [3.05, 3.63) is 30.1 Å². The minimum absolute atomic E-state index is 0.153. The smallest absolute Gasteiger partial charge is 0.268 e. The molecule has 0 saturated heterocycles. The molecule has 0 amide bonds. The number of halogens is 1. The van der Waals surface area contributed by atoms with Crippen molar-refractivity contribution in [1.82, 2.24) is 0 Å². The summed E-state index contributed by atoms with van der Waals surface area (Å²) in [5, 5.41) is 2.78. The first-order valence-electron chi connectivity index (χ1n) is 4.31. The van der Waals surface area contributed by atoms with Crippen LogP contribution in [0.4, 0.5) is 10.1 Å². The lowest BCUT2D eigenvalue weighted by molar-refractivity contribution is 0.398. The molecule has 4 nitrogen and oxygen atoms in total. The molecule has 0 fully saturated rings. The molecule has 0 radical (unpaired) electrons. The van der Waals surface area contributed by atoms with Crippen molar-refractivity contribution in [1.29, 1.82) is 0 Å². The van der Waals surface area contributed by atoms with E-state index in [2.05, 4.69) is 9.50 Å². The maximum Gasteiger partial charge on any atom is 0.268 e. The molecule has 0 spiro atoms. The van der Waals surface area contributed by atoms with Gasteiger partial charge in [0.25, 0.3) is 10.1 Å². The molecule has 1 aromatic carbocycles. The monoisotopic (exact) mass is 233 g/mol. The molecule has 0 heterocycles. The first-order valence-corrected chi connectivity index (χ1v) is 5.89. The fourth-order valence-corrected chi connectivity index (χ4v) is 1.52. The summed E-state index contributed by atoms with van der Waals surface area (Å²) >= 11 is 0. The van der Waals surface area contributed by atoms with Crippen LogP contribution in [0.3, 0.4) is 0 Å². The second-order valence-corrected chi connectivity index (χ2v) is 4.72. The van der Waals surface area contributed by atoms with Gasteiger partial charge in [-0.2, -0.15) is 8.42 Å². The molecule has 0 aromatic heterocycles. The zero-order valence-corrected chi connectivity index (χ0v) is 9.05. The van der Waals surface area contributed by atoms with Gasteiger partial charge in [0.05, 0.1) is 12.9 Å². The Morgan fingerprint density at radius 1 is 1.47 bits per heavy atom. The molecular weight excluding hydrogens is 221 g/mol. The van der Waals surface area contributed by atoms with Crippen molar-refractivity contribution in [2.45, 2.75) is 0 Å². The summed E-state index contributed by atoms with van der Waals surface area (Å²) in [5.74, 6) is -0.519. The maximum absolute atomic E-state index is 12.7. The van der Waals surface area contributed by atoms with Crippen LogP contribution >= 0.6 is 0 Å². The van der Waals surface area contributed by atoms with E-state index < -0.39 is 10.1 Å². The van der Waals surface area contributed by atoms with Gasteiger partial charge < -0.3 is 5.32 Å². The Morgan fingerprint density at radius 2 is 2.20 bits per heavy atom. The van der Waals surface area contributed by atoms with E-state index in [1.54, 1.807) is 12.1 Å². The number of hydrogen-bond donors (Lipinski definition) is 1. The summed E-state index contributed by atoms with van der Waals surface area (Å²) < 4.78 is 38.8. The second kappa shape index (κ2) is 5.09. The summed E-state index contributed by atoms with van der Waals surface area (Å²) in [6, 6.07) is 5.81. The quantitative estimate of drug-likeness (QED) is 0.777. The van der Waals surface area contributed by atoms with Crippen LogP contribution in [0.1, 0.15) is 0 Å². The largest absolute Gasteiger partial charge is 0.384 e. The van der Waals surface area contributed by atoms with E-state index in [1.165, 1.54) is 12.1 Å². The van der Waals surface area contributed by atoms with Crippen LogP contribution in [0.5, 0.6) is 0 Å². The number of hydrogen-bond acceptors (Lipinski definition) is 4. The minimum atomic E-state index is -3.46. The lowest BCUT2D eigenvalue weighted by Gasteiger charge is -2.05. The molecule has 1 rings (SSSR count). The van der Waals surface area contributed by atoms with Gasteiger partial charge in [0.1, 0.15) is 5.82 Å². The van der Waals surface area contributed by atoms with Gasteiger partial charge in [-0.1, -0.05) is 6.07 Å². The van der Waals surface area contributed by atoms with E-state index in [-0.39, 0.29) is 18.1 Å². The van der Waals surface area contributed by atoms with Crippen LogP contribution in [0, 0.1) is 5.82 Å². The molecule has 0 bridgehead atoms. The Bertz CT molecular complexity index is 419. The highest BCUT2D eigenvalue weighted by Gasteiger charge is 2.07. The summed E-state index contributed by atoms with van der Waals surface area (Å²) in [7, 11) is -2.35. The molecule has 0 atom stereocenters. The Morgan fingerprint density at radius 3 is 2.80 bits per heavy atom. The molecule has 6 heteroatoms. The molecule has 1 N–H and O–H groups in total. The highest BCUT2D eigenvalue weighted by Crippen LogP contribution is 2.08. The van der Waals surface area contributed by atoms with Crippen LogP contribution in [-0.2, 0) is 14.3 Å². The minimum Gasteiger partial charge on any atom is -0.384 e. The van der Waals surface area contributed by atoms with E-state index in [4.69, 9.17) is 0 Å². The number of nitrogens with one attached hydrogen (secondary N) is 1. The van der Waals surface area contributed by atoms with Crippen molar-refractivity contribution in [3.63, 3.8) is 0 Å². The van der Waals surface area contributed by atoms with Crippen molar-refractivity contribution in [2.24, 2.45) is 0 Å².